The lowest BCUT2D eigenvalue weighted by Crippen LogP contribution is -2.17. The average molecular weight is 250 g/mol. The van der Waals surface area contributed by atoms with Crippen LogP contribution in [0.25, 0.3) is 0 Å². The molecule has 0 spiro atoms. The predicted molar refractivity (Wildman–Crippen MR) is 73.5 cm³/mol. The Balaban J connectivity index is 3.01. The van der Waals surface area contributed by atoms with E-state index in [2.05, 4.69) is 6.92 Å². The molecular weight excluding hydrogens is 227 g/mol. The summed E-state index contributed by atoms with van der Waals surface area (Å²) in [6, 6.07) is 3.33. The minimum absolute atomic E-state index is 0.0269. The molecule has 100 valence electrons. The lowest BCUT2D eigenvalue weighted by Gasteiger charge is -2.16. The molecule has 0 radical (unpaired) electrons. The van der Waals surface area contributed by atoms with Crippen LogP contribution in [0.4, 0.5) is 4.39 Å². The summed E-state index contributed by atoms with van der Waals surface area (Å²) in [7, 11) is 0. The average Bonchev–Trinajstić information content (AvgIpc) is 2.28. The van der Waals surface area contributed by atoms with E-state index in [1.807, 2.05) is 26.8 Å². The highest BCUT2D eigenvalue weighted by atomic mass is 19.1. The van der Waals surface area contributed by atoms with E-state index >= 15 is 0 Å². The number of carbonyl (C=O) groups excluding carboxylic acids is 1. The van der Waals surface area contributed by atoms with Gasteiger partial charge in [0.15, 0.2) is 5.78 Å². The molecule has 0 aliphatic carbocycles. The zero-order valence-electron chi connectivity index (χ0n) is 11.8. The van der Waals surface area contributed by atoms with Crippen molar-refractivity contribution in [1.29, 1.82) is 0 Å². The summed E-state index contributed by atoms with van der Waals surface area (Å²) in [5, 5.41) is 0. The monoisotopic (exact) mass is 250 g/mol. The van der Waals surface area contributed by atoms with Crippen molar-refractivity contribution in [3.8, 4) is 0 Å². The van der Waals surface area contributed by atoms with Crippen LogP contribution in [-0.4, -0.2) is 5.78 Å². The molecule has 1 aromatic carbocycles. The first-order valence-corrected chi connectivity index (χ1v) is 6.82. The highest BCUT2D eigenvalue weighted by molar-refractivity contribution is 5.99. The quantitative estimate of drug-likeness (QED) is 0.660. The summed E-state index contributed by atoms with van der Waals surface area (Å²) in [6.07, 6.45) is 3.74. The Hall–Kier alpha value is -1.18. The van der Waals surface area contributed by atoms with Crippen molar-refractivity contribution < 1.29 is 9.18 Å². The Labute approximate surface area is 109 Å². The SMILES string of the molecule is CCCCC(CC)C(=O)c1c(C)cc(C)cc1F. The van der Waals surface area contributed by atoms with E-state index in [-0.39, 0.29) is 17.5 Å². The Morgan fingerprint density at radius 1 is 1.28 bits per heavy atom. The molecular formula is C16H23FO. The molecule has 2 heteroatoms. The van der Waals surface area contributed by atoms with Crippen LogP contribution in [0.15, 0.2) is 12.1 Å². The van der Waals surface area contributed by atoms with Crippen molar-refractivity contribution in [2.45, 2.75) is 53.4 Å². The van der Waals surface area contributed by atoms with E-state index in [1.165, 1.54) is 6.07 Å². The van der Waals surface area contributed by atoms with Crippen LogP contribution in [0, 0.1) is 25.6 Å². The fourth-order valence-electron chi connectivity index (χ4n) is 2.40. The summed E-state index contributed by atoms with van der Waals surface area (Å²) >= 11 is 0. The molecule has 1 aromatic rings. The van der Waals surface area contributed by atoms with Crippen LogP contribution < -0.4 is 0 Å². The van der Waals surface area contributed by atoms with Crippen molar-refractivity contribution in [3.63, 3.8) is 0 Å². The number of hydrogen-bond donors (Lipinski definition) is 0. The van der Waals surface area contributed by atoms with Crippen molar-refractivity contribution in [2.75, 3.05) is 0 Å². The van der Waals surface area contributed by atoms with Gasteiger partial charge in [-0.3, -0.25) is 4.79 Å². The van der Waals surface area contributed by atoms with Gasteiger partial charge < -0.3 is 0 Å². The van der Waals surface area contributed by atoms with Gasteiger partial charge in [0.25, 0.3) is 0 Å². The number of halogens is 1. The molecule has 1 nitrogen and oxygen atoms in total. The molecule has 0 bridgehead atoms. The number of hydrogen-bond acceptors (Lipinski definition) is 1. The number of benzene rings is 1. The van der Waals surface area contributed by atoms with Gasteiger partial charge in [-0.1, -0.05) is 32.8 Å². The molecule has 0 aromatic heterocycles. The normalized spacial score (nSPS) is 12.5. The molecule has 0 aliphatic heterocycles. The lowest BCUT2D eigenvalue weighted by molar-refractivity contribution is 0.0903. The van der Waals surface area contributed by atoms with Gasteiger partial charge in [0.05, 0.1) is 5.56 Å². The van der Waals surface area contributed by atoms with Gasteiger partial charge in [-0.15, -0.1) is 0 Å². The molecule has 0 saturated heterocycles. The Bertz CT molecular complexity index is 400. The fraction of sp³-hybridized carbons (Fsp3) is 0.562. The van der Waals surface area contributed by atoms with Crippen LogP contribution in [0.3, 0.4) is 0 Å². The molecule has 0 fully saturated rings. The molecule has 0 aliphatic rings. The number of ketones is 1. The van der Waals surface area contributed by atoms with E-state index in [1.54, 1.807) is 0 Å². The minimum atomic E-state index is -0.368. The van der Waals surface area contributed by atoms with Gasteiger partial charge in [-0.25, -0.2) is 4.39 Å². The molecule has 0 saturated carbocycles. The molecule has 1 unspecified atom stereocenters. The van der Waals surface area contributed by atoms with Gasteiger partial charge in [0, 0.05) is 5.92 Å². The van der Waals surface area contributed by atoms with E-state index in [9.17, 15) is 9.18 Å². The lowest BCUT2D eigenvalue weighted by atomic mass is 9.88. The van der Waals surface area contributed by atoms with E-state index in [0.29, 0.717) is 5.56 Å². The summed E-state index contributed by atoms with van der Waals surface area (Å²) in [4.78, 5) is 12.4. The standard InChI is InChI=1S/C16H23FO/c1-5-7-8-13(6-2)16(18)15-12(4)9-11(3)10-14(15)17/h9-10,13H,5-8H2,1-4H3. The fourth-order valence-corrected chi connectivity index (χ4v) is 2.40. The summed E-state index contributed by atoms with van der Waals surface area (Å²) in [5.74, 6) is -0.436. The summed E-state index contributed by atoms with van der Waals surface area (Å²) < 4.78 is 14.0. The summed E-state index contributed by atoms with van der Waals surface area (Å²) in [5.41, 5.74) is 1.92. The number of rotatable bonds is 6. The van der Waals surface area contributed by atoms with E-state index < -0.39 is 0 Å². The third-order valence-corrected chi connectivity index (χ3v) is 3.45. The Morgan fingerprint density at radius 3 is 2.44 bits per heavy atom. The maximum absolute atomic E-state index is 14.0. The molecule has 1 rings (SSSR count). The first-order chi connectivity index (χ1) is 8.51. The van der Waals surface area contributed by atoms with Gasteiger partial charge in [-0.05, 0) is 43.9 Å². The first kappa shape index (κ1) is 14.9. The smallest absolute Gasteiger partial charge is 0.169 e. The van der Waals surface area contributed by atoms with Crippen molar-refractivity contribution >= 4 is 5.78 Å². The number of carbonyl (C=O) groups is 1. The van der Waals surface area contributed by atoms with Gasteiger partial charge in [0.1, 0.15) is 5.82 Å². The number of aryl methyl sites for hydroxylation is 2. The Kier molecular flexibility index (Phi) is 5.52. The van der Waals surface area contributed by atoms with Crippen LogP contribution >= 0.6 is 0 Å². The Morgan fingerprint density at radius 2 is 1.94 bits per heavy atom. The highest BCUT2D eigenvalue weighted by Gasteiger charge is 2.22. The zero-order valence-corrected chi connectivity index (χ0v) is 11.8. The van der Waals surface area contributed by atoms with Crippen molar-refractivity contribution in [1.82, 2.24) is 0 Å². The summed E-state index contributed by atoms with van der Waals surface area (Å²) in [6.45, 7) is 7.77. The second-order valence-corrected chi connectivity index (χ2v) is 5.05. The van der Waals surface area contributed by atoms with Gasteiger partial charge >= 0.3 is 0 Å². The second kappa shape index (κ2) is 6.67. The van der Waals surface area contributed by atoms with Crippen LogP contribution in [0.5, 0.6) is 0 Å². The van der Waals surface area contributed by atoms with E-state index in [0.717, 1.165) is 36.8 Å². The highest BCUT2D eigenvalue weighted by Crippen LogP contribution is 2.24. The molecule has 1 atom stereocenters. The maximum Gasteiger partial charge on any atom is 0.169 e. The largest absolute Gasteiger partial charge is 0.294 e. The van der Waals surface area contributed by atoms with Crippen LogP contribution in [0.1, 0.15) is 61.0 Å². The zero-order chi connectivity index (χ0) is 13.7. The van der Waals surface area contributed by atoms with E-state index in [4.69, 9.17) is 0 Å². The second-order valence-electron chi connectivity index (χ2n) is 5.05. The molecule has 0 heterocycles. The molecule has 0 amide bonds. The third-order valence-electron chi connectivity index (χ3n) is 3.45. The molecule has 18 heavy (non-hydrogen) atoms. The number of unbranched alkanes of at least 4 members (excludes halogenated alkanes) is 1. The topological polar surface area (TPSA) is 17.1 Å². The maximum atomic E-state index is 14.0. The van der Waals surface area contributed by atoms with Crippen LogP contribution in [0.2, 0.25) is 0 Å². The third kappa shape index (κ3) is 3.41. The van der Waals surface area contributed by atoms with Crippen molar-refractivity contribution in [2.24, 2.45) is 5.92 Å². The number of Topliss-reactive ketones (excluding diaryl/α,β-unsaturated/α-hetero) is 1. The molecule has 0 N–H and O–H groups in total. The van der Waals surface area contributed by atoms with Crippen molar-refractivity contribution in [3.05, 3.63) is 34.6 Å². The van der Waals surface area contributed by atoms with Gasteiger partial charge in [0.2, 0.25) is 0 Å². The minimum Gasteiger partial charge on any atom is -0.294 e. The predicted octanol–water partition coefficient (Wildman–Crippen LogP) is 4.84. The first-order valence-electron chi connectivity index (χ1n) is 6.82. The van der Waals surface area contributed by atoms with Gasteiger partial charge in [-0.2, -0.15) is 0 Å². The van der Waals surface area contributed by atoms with Crippen LogP contribution in [-0.2, 0) is 0 Å².